The maximum absolute atomic E-state index is 11.1. The lowest BCUT2D eigenvalue weighted by Crippen LogP contribution is -2.11. The summed E-state index contributed by atoms with van der Waals surface area (Å²) in [6, 6.07) is 3.87. The summed E-state index contributed by atoms with van der Waals surface area (Å²) in [5.74, 6) is -0.318. The number of nitrogens with zero attached hydrogens (tertiary/aromatic N) is 1. The Bertz CT molecular complexity index is 442. The first-order valence-electron chi connectivity index (χ1n) is 4.62. The van der Waals surface area contributed by atoms with Crippen LogP contribution in [0.5, 0.6) is 0 Å². The molecule has 16 heavy (non-hydrogen) atoms. The van der Waals surface area contributed by atoms with Crippen LogP contribution in [-0.2, 0) is 4.79 Å². The van der Waals surface area contributed by atoms with Crippen LogP contribution in [0.25, 0.3) is 0 Å². The molecule has 0 fully saturated rings. The number of amides is 1. The molecule has 0 saturated heterocycles. The van der Waals surface area contributed by atoms with Gasteiger partial charge in [-0.25, -0.2) is 0 Å². The number of carbonyl (C=O) groups excluding carboxylic acids is 2. The van der Waals surface area contributed by atoms with Crippen LogP contribution < -0.4 is 5.32 Å². The molecule has 0 aliphatic carbocycles. The van der Waals surface area contributed by atoms with Gasteiger partial charge in [0, 0.05) is 18.1 Å². The fourth-order valence-electron chi connectivity index (χ4n) is 1.12. The zero-order valence-corrected chi connectivity index (χ0v) is 8.60. The zero-order valence-electron chi connectivity index (χ0n) is 8.60. The maximum atomic E-state index is 11.1. The highest BCUT2D eigenvalue weighted by atomic mass is 16.6. The summed E-state index contributed by atoms with van der Waals surface area (Å²) >= 11 is 0. The van der Waals surface area contributed by atoms with Gasteiger partial charge in [-0.05, 0) is 12.1 Å². The second-order valence-electron chi connectivity index (χ2n) is 3.05. The summed E-state index contributed by atoms with van der Waals surface area (Å²) < 4.78 is 0. The Balaban J connectivity index is 3.12. The van der Waals surface area contributed by atoms with Crippen molar-refractivity contribution in [2.24, 2.45) is 0 Å². The predicted molar refractivity (Wildman–Crippen MR) is 57.4 cm³/mol. The molecule has 0 unspecified atom stereocenters. The fourth-order valence-corrected chi connectivity index (χ4v) is 1.12. The number of rotatable bonds is 4. The fraction of sp³-hybridized carbons (Fsp3) is 0.200. The molecule has 0 bridgehead atoms. The number of hydrogen-bond acceptors (Lipinski definition) is 4. The van der Waals surface area contributed by atoms with Gasteiger partial charge in [-0.3, -0.25) is 19.7 Å². The molecule has 0 aromatic heterocycles. The average molecular weight is 222 g/mol. The quantitative estimate of drug-likeness (QED) is 0.477. The minimum Gasteiger partial charge on any atom is -0.320 e. The van der Waals surface area contributed by atoms with Crippen LogP contribution in [-0.4, -0.2) is 17.1 Å². The van der Waals surface area contributed by atoms with Gasteiger partial charge in [0.2, 0.25) is 5.91 Å². The molecular formula is C10H10N2O4. The Kier molecular flexibility index (Phi) is 3.71. The zero-order chi connectivity index (χ0) is 12.1. The molecule has 0 atom stereocenters. The Labute approximate surface area is 91.4 Å². The Hall–Kier alpha value is -2.24. The van der Waals surface area contributed by atoms with Crippen molar-refractivity contribution in [3.05, 3.63) is 33.9 Å². The Morgan fingerprint density at radius 1 is 1.56 bits per heavy atom. The minimum atomic E-state index is -0.641. The SMILES string of the molecule is CCC(=O)Nc1ccc(C=O)cc1[N+](=O)[O-]. The predicted octanol–water partition coefficient (Wildman–Crippen LogP) is 1.76. The number of aldehydes is 1. The molecule has 0 heterocycles. The largest absolute Gasteiger partial charge is 0.320 e. The van der Waals surface area contributed by atoms with E-state index in [1.165, 1.54) is 12.1 Å². The number of carbonyl (C=O) groups is 2. The summed E-state index contributed by atoms with van der Waals surface area (Å²) in [6.07, 6.45) is 0.741. The van der Waals surface area contributed by atoms with Crippen molar-refractivity contribution in [1.29, 1.82) is 0 Å². The summed E-state index contributed by atoms with van der Waals surface area (Å²) in [4.78, 5) is 31.6. The average Bonchev–Trinajstić information content (AvgIpc) is 2.29. The van der Waals surface area contributed by atoms with Crippen molar-refractivity contribution in [2.45, 2.75) is 13.3 Å². The lowest BCUT2D eigenvalue weighted by molar-refractivity contribution is -0.383. The molecule has 0 spiro atoms. The smallest absolute Gasteiger partial charge is 0.293 e. The molecule has 84 valence electrons. The van der Waals surface area contributed by atoms with Gasteiger partial charge in [0.05, 0.1) is 4.92 Å². The van der Waals surface area contributed by atoms with E-state index >= 15 is 0 Å². The van der Waals surface area contributed by atoms with Crippen LogP contribution >= 0.6 is 0 Å². The second kappa shape index (κ2) is 5.01. The highest BCUT2D eigenvalue weighted by Gasteiger charge is 2.15. The lowest BCUT2D eigenvalue weighted by Gasteiger charge is -2.04. The molecule has 1 aromatic carbocycles. The van der Waals surface area contributed by atoms with Crippen LogP contribution in [0.15, 0.2) is 18.2 Å². The van der Waals surface area contributed by atoms with Crippen LogP contribution in [0.1, 0.15) is 23.7 Å². The van der Waals surface area contributed by atoms with Crippen molar-refractivity contribution in [3.8, 4) is 0 Å². The van der Waals surface area contributed by atoms with Crippen molar-refractivity contribution in [2.75, 3.05) is 5.32 Å². The highest BCUT2D eigenvalue weighted by molar-refractivity contribution is 5.93. The van der Waals surface area contributed by atoms with Crippen LogP contribution in [0, 0.1) is 10.1 Å². The summed E-state index contributed by atoms with van der Waals surface area (Å²) in [5, 5.41) is 13.1. The molecule has 6 heteroatoms. The van der Waals surface area contributed by atoms with E-state index in [-0.39, 0.29) is 29.3 Å². The molecular weight excluding hydrogens is 212 g/mol. The summed E-state index contributed by atoms with van der Waals surface area (Å²) in [7, 11) is 0. The number of anilines is 1. The van der Waals surface area contributed by atoms with Gasteiger partial charge < -0.3 is 5.32 Å². The van der Waals surface area contributed by atoms with Crippen LogP contribution in [0.4, 0.5) is 11.4 Å². The van der Waals surface area contributed by atoms with Gasteiger partial charge in [-0.1, -0.05) is 6.92 Å². The van der Waals surface area contributed by atoms with E-state index < -0.39 is 4.92 Å². The standard InChI is InChI=1S/C10H10N2O4/c1-2-10(14)11-8-4-3-7(6-13)5-9(8)12(15)16/h3-6H,2H2,1H3,(H,11,14). The number of nitro benzene ring substituents is 1. The van der Waals surface area contributed by atoms with Crippen LogP contribution in [0.3, 0.4) is 0 Å². The lowest BCUT2D eigenvalue weighted by atomic mass is 10.2. The maximum Gasteiger partial charge on any atom is 0.293 e. The van der Waals surface area contributed by atoms with Crippen molar-refractivity contribution >= 4 is 23.6 Å². The molecule has 1 N–H and O–H groups in total. The van der Waals surface area contributed by atoms with E-state index in [1.54, 1.807) is 6.92 Å². The number of nitro groups is 1. The number of hydrogen-bond donors (Lipinski definition) is 1. The van der Waals surface area contributed by atoms with Gasteiger partial charge >= 0.3 is 0 Å². The minimum absolute atomic E-state index is 0.0995. The van der Waals surface area contributed by atoms with Crippen molar-refractivity contribution < 1.29 is 14.5 Å². The molecule has 1 aromatic rings. The Morgan fingerprint density at radius 3 is 2.75 bits per heavy atom. The highest BCUT2D eigenvalue weighted by Crippen LogP contribution is 2.25. The van der Waals surface area contributed by atoms with E-state index in [4.69, 9.17) is 0 Å². The molecule has 0 radical (unpaired) electrons. The second-order valence-corrected chi connectivity index (χ2v) is 3.05. The molecule has 6 nitrogen and oxygen atoms in total. The summed E-state index contributed by atoms with van der Waals surface area (Å²) in [6.45, 7) is 1.64. The topological polar surface area (TPSA) is 89.3 Å². The van der Waals surface area contributed by atoms with E-state index in [0.717, 1.165) is 6.07 Å². The first kappa shape index (κ1) is 11.8. The molecule has 0 aliphatic rings. The van der Waals surface area contributed by atoms with E-state index in [0.29, 0.717) is 6.29 Å². The van der Waals surface area contributed by atoms with Crippen LogP contribution in [0.2, 0.25) is 0 Å². The third kappa shape index (κ3) is 2.63. The van der Waals surface area contributed by atoms with E-state index in [2.05, 4.69) is 5.32 Å². The van der Waals surface area contributed by atoms with E-state index in [1.807, 2.05) is 0 Å². The van der Waals surface area contributed by atoms with Crippen molar-refractivity contribution in [3.63, 3.8) is 0 Å². The third-order valence-electron chi connectivity index (χ3n) is 1.95. The normalized spacial score (nSPS) is 9.56. The first-order valence-corrected chi connectivity index (χ1v) is 4.62. The van der Waals surface area contributed by atoms with Gasteiger partial charge in [-0.15, -0.1) is 0 Å². The van der Waals surface area contributed by atoms with E-state index in [9.17, 15) is 19.7 Å². The molecule has 0 aliphatic heterocycles. The van der Waals surface area contributed by atoms with Gasteiger partial charge in [0.25, 0.3) is 5.69 Å². The molecule has 1 rings (SSSR count). The van der Waals surface area contributed by atoms with Gasteiger partial charge in [0.15, 0.2) is 0 Å². The molecule has 1 amide bonds. The van der Waals surface area contributed by atoms with Gasteiger partial charge in [-0.2, -0.15) is 0 Å². The van der Waals surface area contributed by atoms with Crippen molar-refractivity contribution in [1.82, 2.24) is 0 Å². The summed E-state index contributed by atoms with van der Waals surface area (Å²) in [5.41, 5.74) is 0.00930. The first-order chi connectivity index (χ1) is 7.58. The monoisotopic (exact) mass is 222 g/mol. The Morgan fingerprint density at radius 2 is 2.25 bits per heavy atom. The molecule has 0 saturated carbocycles. The number of benzene rings is 1. The van der Waals surface area contributed by atoms with Gasteiger partial charge in [0.1, 0.15) is 12.0 Å². The third-order valence-corrected chi connectivity index (χ3v) is 1.95. The number of nitrogens with one attached hydrogen (secondary N) is 1.